The zero-order valence-corrected chi connectivity index (χ0v) is 15.9. The van der Waals surface area contributed by atoms with E-state index >= 15 is 0 Å². The normalized spacial score (nSPS) is 11.8. The molecule has 1 unspecified atom stereocenters. The smallest absolute Gasteiger partial charge is 0.326 e. The van der Waals surface area contributed by atoms with Crippen LogP contribution in [0.5, 0.6) is 0 Å². The first-order chi connectivity index (χ1) is 13.4. The Balaban J connectivity index is 2.24. The number of hydrogen-bond donors (Lipinski definition) is 1. The number of carboxylic acid groups (broad SMARTS) is 1. The average molecular weight is 389 g/mol. The zero-order valence-electron chi connectivity index (χ0n) is 15.9. The van der Waals surface area contributed by atoms with Crippen LogP contribution in [-0.2, 0) is 27.4 Å². The monoisotopic (exact) mass is 389 g/mol. The summed E-state index contributed by atoms with van der Waals surface area (Å²) in [4.78, 5) is 25.8. The van der Waals surface area contributed by atoms with Gasteiger partial charge in [-0.25, -0.2) is 9.18 Å². The Kier molecular flexibility index (Phi) is 8.10. The lowest BCUT2D eigenvalue weighted by molar-refractivity contribution is -0.141. The molecule has 2 rings (SSSR count). The summed E-state index contributed by atoms with van der Waals surface area (Å²) in [5.41, 5.74) is 1.23. The first-order valence-electron chi connectivity index (χ1n) is 8.86. The second-order valence-corrected chi connectivity index (χ2v) is 6.28. The van der Waals surface area contributed by atoms with Crippen molar-refractivity contribution in [1.82, 2.24) is 4.90 Å². The van der Waals surface area contributed by atoms with Gasteiger partial charge in [0, 0.05) is 24.8 Å². The number of nitrogens with zero attached hydrogens (tertiary/aromatic N) is 1. The minimum absolute atomic E-state index is 0.0104. The van der Waals surface area contributed by atoms with Crippen LogP contribution in [0.25, 0.3) is 0 Å². The van der Waals surface area contributed by atoms with Crippen LogP contribution in [-0.4, -0.2) is 48.2 Å². The van der Waals surface area contributed by atoms with Crippen LogP contribution < -0.4 is 0 Å². The molecular formula is C21H24FNO5. The van der Waals surface area contributed by atoms with Gasteiger partial charge in [-0.05, 0) is 30.7 Å². The third-order valence-electron chi connectivity index (χ3n) is 4.26. The van der Waals surface area contributed by atoms with Crippen LogP contribution in [0.2, 0.25) is 0 Å². The minimum Gasteiger partial charge on any atom is -0.480 e. The Labute approximate surface area is 163 Å². The lowest BCUT2D eigenvalue weighted by Gasteiger charge is -2.27. The number of carboxylic acids is 1. The summed E-state index contributed by atoms with van der Waals surface area (Å²) in [6, 6.07) is 12.0. The summed E-state index contributed by atoms with van der Waals surface area (Å²) in [5.74, 6) is -2.10. The number of halogens is 1. The van der Waals surface area contributed by atoms with Crippen molar-refractivity contribution in [2.45, 2.75) is 26.1 Å². The lowest BCUT2D eigenvalue weighted by atomic mass is 10.1. The van der Waals surface area contributed by atoms with Crippen molar-refractivity contribution in [2.24, 2.45) is 0 Å². The van der Waals surface area contributed by atoms with E-state index in [1.54, 1.807) is 0 Å². The number of amides is 1. The molecule has 2 aromatic rings. The third kappa shape index (κ3) is 5.87. The number of hydrogen-bond acceptors (Lipinski definition) is 4. The molecule has 0 saturated carbocycles. The highest BCUT2D eigenvalue weighted by Crippen LogP contribution is 2.17. The molecule has 1 amide bonds. The first-order valence-corrected chi connectivity index (χ1v) is 8.86. The molecule has 0 aromatic heterocycles. The number of methoxy groups -OCH3 is 1. The maximum atomic E-state index is 14.0. The Bertz CT molecular complexity index is 797. The number of carbonyl (C=O) groups excluding carboxylic acids is 1. The molecule has 0 saturated heterocycles. The fraction of sp³-hybridized carbons (Fsp3) is 0.333. The summed E-state index contributed by atoms with van der Waals surface area (Å²) in [7, 11) is 1.54. The zero-order chi connectivity index (χ0) is 20.5. The van der Waals surface area contributed by atoms with Gasteiger partial charge in [-0.1, -0.05) is 30.3 Å². The van der Waals surface area contributed by atoms with Crippen LogP contribution in [0.3, 0.4) is 0 Å². The van der Waals surface area contributed by atoms with Crippen LogP contribution >= 0.6 is 0 Å². The summed E-state index contributed by atoms with van der Waals surface area (Å²) in [6.07, 6.45) is 0. The quantitative estimate of drug-likeness (QED) is 0.632. The van der Waals surface area contributed by atoms with E-state index in [1.807, 2.05) is 30.3 Å². The van der Waals surface area contributed by atoms with Crippen LogP contribution in [0.4, 0.5) is 4.39 Å². The van der Waals surface area contributed by atoms with Gasteiger partial charge < -0.3 is 19.5 Å². The molecule has 6 nitrogen and oxygen atoms in total. The summed E-state index contributed by atoms with van der Waals surface area (Å²) >= 11 is 0. The van der Waals surface area contributed by atoms with E-state index in [2.05, 4.69) is 0 Å². The van der Waals surface area contributed by atoms with Crippen molar-refractivity contribution in [1.29, 1.82) is 0 Å². The van der Waals surface area contributed by atoms with E-state index in [0.29, 0.717) is 13.2 Å². The molecule has 0 heterocycles. The molecular weight excluding hydrogens is 365 g/mol. The summed E-state index contributed by atoms with van der Waals surface area (Å²) in [6.45, 7) is 2.24. The van der Waals surface area contributed by atoms with Crippen molar-refractivity contribution in [2.75, 3.05) is 20.3 Å². The van der Waals surface area contributed by atoms with Gasteiger partial charge in [0.05, 0.1) is 19.8 Å². The Morgan fingerprint density at radius 3 is 2.50 bits per heavy atom. The molecule has 1 N–H and O–H groups in total. The van der Waals surface area contributed by atoms with Gasteiger partial charge in [0.2, 0.25) is 0 Å². The molecule has 0 fully saturated rings. The third-order valence-corrected chi connectivity index (χ3v) is 4.26. The fourth-order valence-electron chi connectivity index (χ4n) is 2.61. The van der Waals surface area contributed by atoms with Gasteiger partial charge in [-0.3, -0.25) is 4.79 Å². The topological polar surface area (TPSA) is 76.1 Å². The van der Waals surface area contributed by atoms with Crippen LogP contribution in [0.15, 0.2) is 48.5 Å². The van der Waals surface area contributed by atoms with E-state index in [0.717, 1.165) is 5.56 Å². The molecule has 0 spiro atoms. The van der Waals surface area contributed by atoms with E-state index in [4.69, 9.17) is 9.47 Å². The molecule has 28 heavy (non-hydrogen) atoms. The molecule has 0 aliphatic carbocycles. The average Bonchev–Trinajstić information content (AvgIpc) is 2.70. The number of carbonyl (C=O) groups is 2. The highest BCUT2D eigenvalue weighted by atomic mass is 19.1. The molecule has 0 bridgehead atoms. The largest absolute Gasteiger partial charge is 0.480 e. The molecule has 0 aliphatic rings. The number of benzene rings is 2. The number of rotatable bonds is 10. The van der Waals surface area contributed by atoms with Crippen molar-refractivity contribution >= 4 is 11.9 Å². The van der Waals surface area contributed by atoms with Crippen LogP contribution in [0.1, 0.15) is 28.4 Å². The second kappa shape index (κ2) is 10.5. The molecule has 150 valence electrons. The minimum atomic E-state index is -1.12. The maximum Gasteiger partial charge on any atom is 0.326 e. The molecule has 0 aliphatic heterocycles. The van der Waals surface area contributed by atoms with Crippen molar-refractivity contribution in [3.63, 3.8) is 0 Å². The standard InChI is InChI=1S/C21H24FNO5/c1-15(21(25)26)23(13-16-6-4-3-5-7-16)20(24)17-8-9-19(22)18(12-17)14-28-11-10-27-2/h3-9,12,15H,10-11,13-14H2,1-2H3,(H,25,26). The molecule has 7 heteroatoms. The lowest BCUT2D eigenvalue weighted by Crippen LogP contribution is -2.42. The van der Waals surface area contributed by atoms with Gasteiger partial charge in [0.15, 0.2) is 0 Å². The Morgan fingerprint density at radius 2 is 1.86 bits per heavy atom. The van der Waals surface area contributed by atoms with E-state index in [9.17, 15) is 19.1 Å². The summed E-state index contributed by atoms with van der Waals surface area (Å²) < 4.78 is 24.3. The van der Waals surface area contributed by atoms with Gasteiger partial charge in [-0.15, -0.1) is 0 Å². The first kappa shape index (κ1) is 21.5. The van der Waals surface area contributed by atoms with Gasteiger partial charge >= 0.3 is 5.97 Å². The van der Waals surface area contributed by atoms with E-state index in [1.165, 1.54) is 37.1 Å². The predicted molar refractivity (Wildman–Crippen MR) is 101 cm³/mol. The Morgan fingerprint density at radius 1 is 1.14 bits per heavy atom. The van der Waals surface area contributed by atoms with Crippen LogP contribution in [0, 0.1) is 5.82 Å². The van der Waals surface area contributed by atoms with Gasteiger partial charge in [0.25, 0.3) is 5.91 Å². The fourth-order valence-corrected chi connectivity index (χ4v) is 2.61. The van der Waals surface area contributed by atoms with Gasteiger partial charge in [-0.2, -0.15) is 0 Å². The van der Waals surface area contributed by atoms with Crippen molar-refractivity contribution in [3.05, 3.63) is 71.0 Å². The van der Waals surface area contributed by atoms with E-state index in [-0.39, 0.29) is 24.3 Å². The highest BCUT2D eigenvalue weighted by molar-refractivity contribution is 5.96. The molecule has 1 atom stereocenters. The predicted octanol–water partition coefficient (Wildman–Crippen LogP) is 3.10. The van der Waals surface area contributed by atoms with Crippen molar-refractivity contribution < 1.29 is 28.6 Å². The SMILES string of the molecule is COCCOCc1cc(C(=O)N(Cc2ccccc2)C(C)C(=O)O)ccc1F. The Hall–Kier alpha value is -2.77. The van der Waals surface area contributed by atoms with E-state index < -0.39 is 23.7 Å². The van der Waals surface area contributed by atoms with Gasteiger partial charge in [0.1, 0.15) is 11.9 Å². The summed E-state index contributed by atoms with van der Waals surface area (Å²) in [5, 5.41) is 9.41. The highest BCUT2D eigenvalue weighted by Gasteiger charge is 2.27. The second-order valence-electron chi connectivity index (χ2n) is 6.28. The number of ether oxygens (including phenoxy) is 2. The maximum absolute atomic E-state index is 14.0. The number of aliphatic carboxylic acids is 1. The molecule has 2 aromatic carbocycles. The molecule has 0 radical (unpaired) electrons. The van der Waals surface area contributed by atoms with Crippen molar-refractivity contribution in [3.8, 4) is 0 Å².